The summed E-state index contributed by atoms with van der Waals surface area (Å²) in [5, 5.41) is 0. The van der Waals surface area contributed by atoms with Crippen molar-refractivity contribution in [3.8, 4) is 0 Å². The first-order chi connectivity index (χ1) is 7.18. The lowest BCUT2D eigenvalue weighted by Gasteiger charge is -2.09. The van der Waals surface area contributed by atoms with Crippen molar-refractivity contribution in [2.45, 2.75) is 18.2 Å². The zero-order valence-corrected chi connectivity index (χ0v) is 10.6. The third-order valence-corrected chi connectivity index (χ3v) is 2.90. The number of nitrogens with one attached hydrogen (secondary N) is 1. The molecule has 0 heterocycles. The van der Waals surface area contributed by atoms with Crippen LogP contribution in [0.25, 0.3) is 0 Å². The fourth-order valence-corrected chi connectivity index (χ4v) is 2.09. The molecule has 0 aromatic heterocycles. The first-order valence-corrected chi connectivity index (χ1v) is 6.11. The van der Waals surface area contributed by atoms with Gasteiger partial charge in [0.05, 0.1) is 0 Å². The second kappa shape index (κ2) is 6.88. The lowest BCUT2D eigenvalue weighted by molar-refractivity contribution is 0.401. The number of hydrogen-bond donors (Lipinski definition) is 1. The molecule has 1 rings (SSSR count). The molecule has 0 atom stereocenters. The topological polar surface area (TPSA) is 15.3 Å². The molecule has 1 N–H and O–H groups in total. The summed E-state index contributed by atoms with van der Waals surface area (Å²) in [5.74, 6) is 0. The highest BCUT2D eigenvalue weighted by molar-refractivity contribution is 7.97. The number of aryl methyl sites for hydroxylation is 1. The third kappa shape index (κ3) is 5.82. The monoisotopic (exact) mass is 224 g/mol. The van der Waals surface area contributed by atoms with Gasteiger partial charge in [-0.3, -0.25) is 4.72 Å². The molecule has 0 amide bonds. The van der Waals surface area contributed by atoms with Crippen molar-refractivity contribution in [1.82, 2.24) is 9.62 Å². The minimum absolute atomic E-state index is 1.05. The summed E-state index contributed by atoms with van der Waals surface area (Å²) in [6, 6.07) is 8.55. The van der Waals surface area contributed by atoms with E-state index in [0.717, 1.165) is 13.1 Å². The van der Waals surface area contributed by atoms with Gasteiger partial charge in [0.2, 0.25) is 0 Å². The molecule has 1 aromatic rings. The van der Waals surface area contributed by atoms with Gasteiger partial charge in [0.15, 0.2) is 0 Å². The van der Waals surface area contributed by atoms with Gasteiger partial charge >= 0.3 is 0 Å². The summed E-state index contributed by atoms with van der Waals surface area (Å²) < 4.78 is 3.37. The predicted octanol–water partition coefficient (Wildman–Crippen LogP) is 2.54. The molecule has 0 aliphatic heterocycles. The molecule has 0 bridgehead atoms. The average Bonchev–Trinajstić information content (AvgIpc) is 2.17. The van der Waals surface area contributed by atoms with E-state index < -0.39 is 0 Å². The molecule has 0 saturated carbocycles. The lowest BCUT2D eigenvalue weighted by Crippen LogP contribution is -2.17. The third-order valence-electron chi connectivity index (χ3n) is 2.06. The van der Waals surface area contributed by atoms with E-state index in [1.165, 1.54) is 16.9 Å². The van der Waals surface area contributed by atoms with Crippen molar-refractivity contribution < 1.29 is 0 Å². The van der Waals surface area contributed by atoms with E-state index in [0.29, 0.717) is 0 Å². The molecular formula is C12H20N2S. The molecule has 84 valence electrons. The van der Waals surface area contributed by atoms with Crippen LogP contribution in [-0.4, -0.2) is 32.1 Å². The Bertz CT molecular complexity index is 287. The van der Waals surface area contributed by atoms with Crippen LogP contribution in [0.4, 0.5) is 0 Å². The summed E-state index contributed by atoms with van der Waals surface area (Å²) in [6.07, 6.45) is 1.19. The Kier molecular flexibility index (Phi) is 5.76. The predicted molar refractivity (Wildman–Crippen MR) is 68.2 cm³/mol. The van der Waals surface area contributed by atoms with Gasteiger partial charge in [-0.15, -0.1) is 0 Å². The maximum absolute atomic E-state index is 3.37. The number of nitrogens with zero attached hydrogens (tertiary/aromatic N) is 1. The average molecular weight is 224 g/mol. The van der Waals surface area contributed by atoms with Crippen molar-refractivity contribution in [2.75, 3.05) is 27.2 Å². The summed E-state index contributed by atoms with van der Waals surface area (Å²) >= 11 is 1.72. The SMILES string of the molecule is Cc1cccc(SNCCCN(C)C)c1. The van der Waals surface area contributed by atoms with Crippen molar-refractivity contribution in [2.24, 2.45) is 0 Å². The molecule has 0 unspecified atom stereocenters. The van der Waals surface area contributed by atoms with Gasteiger partial charge in [-0.05, 0) is 63.6 Å². The highest BCUT2D eigenvalue weighted by Gasteiger charge is 1.94. The minimum atomic E-state index is 1.05. The number of benzene rings is 1. The highest BCUT2D eigenvalue weighted by atomic mass is 32.2. The van der Waals surface area contributed by atoms with Gasteiger partial charge in [0.25, 0.3) is 0 Å². The van der Waals surface area contributed by atoms with Crippen LogP contribution in [-0.2, 0) is 0 Å². The van der Waals surface area contributed by atoms with Gasteiger partial charge in [-0.25, -0.2) is 0 Å². The second-order valence-electron chi connectivity index (χ2n) is 3.97. The van der Waals surface area contributed by atoms with Crippen LogP contribution >= 0.6 is 11.9 Å². The van der Waals surface area contributed by atoms with Crippen LogP contribution < -0.4 is 4.72 Å². The Morgan fingerprint density at radius 2 is 2.13 bits per heavy atom. The maximum atomic E-state index is 3.37. The summed E-state index contributed by atoms with van der Waals surface area (Å²) in [7, 11) is 4.21. The van der Waals surface area contributed by atoms with E-state index in [1.807, 2.05) is 0 Å². The van der Waals surface area contributed by atoms with E-state index in [1.54, 1.807) is 11.9 Å². The van der Waals surface area contributed by atoms with Crippen LogP contribution in [0.1, 0.15) is 12.0 Å². The summed E-state index contributed by atoms with van der Waals surface area (Å²) in [5.41, 5.74) is 1.31. The van der Waals surface area contributed by atoms with E-state index in [4.69, 9.17) is 0 Å². The van der Waals surface area contributed by atoms with Crippen LogP contribution in [0.15, 0.2) is 29.2 Å². The molecule has 0 fully saturated rings. The molecule has 15 heavy (non-hydrogen) atoms. The summed E-state index contributed by atoms with van der Waals surface area (Å²) in [6.45, 7) is 4.31. The van der Waals surface area contributed by atoms with E-state index >= 15 is 0 Å². The van der Waals surface area contributed by atoms with E-state index in [2.05, 4.69) is 54.9 Å². The quantitative estimate of drug-likeness (QED) is 0.590. The minimum Gasteiger partial charge on any atom is -0.309 e. The Morgan fingerprint density at radius 1 is 1.33 bits per heavy atom. The zero-order chi connectivity index (χ0) is 11.1. The maximum Gasteiger partial charge on any atom is 0.0230 e. The first kappa shape index (κ1) is 12.6. The van der Waals surface area contributed by atoms with Gasteiger partial charge < -0.3 is 4.90 Å². The lowest BCUT2D eigenvalue weighted by atomic mass is 10.2. The van der Waals surface area contributed by atoms with Crippen LogP contribution in [0.3, 0.4) is 0 Å². The largest absolute Gasteiger partial charge is 0.309 e. The number of hydrogen-bond acceptors (Lipinski definition) is 3. The van der Waals surface area contributed by atoms with Crippen LogP contribution in [0.5, 0.6) is 0 Å². The Balaban J connectivity index is 2.15. The Morgan fingerprint density at radius 3 is 2.80 bits per heavy atom. The highest BCUT2D eigenvalue weighted by Crippen LogP contribution is 2.15. The smallest absolute Gasteiger partial charge is 0.0230 e. The van der Waals surface area contributed by atoms with Crippen molar-refractivity contribution >= 4 is 11.9 Å². The Labute approximate surface area is 97.2 Å². The normalized spacial score (nSPS) is 10.9. The standard InChI is InChI=1S/C12H20N2S/c1-11-6-4-7-12(10-11)15-13-8-5-9-14(2)3/h4,6-7,10,13H,5,8-9H2,1-3H3. The van der Waals surface area contributed by atoms with Crippen molar-refractivity contribution in [3.63, 3.8) is 0 Å². The molecule has 1 aromatic carbocycles. The summed E-state index contributed by atoms with van der Waals surface area (Å²) in [4.78, 5) is 3.50. The fraction of sp³-hybridized carbons (Fsp3) is 0.500. The molecule has 2 nitrogen and oxygen atoms in total. The first-order valence-electron chi connectivity index (χ1n) is 5.29. The van der Waals surface area contributed by atoms with Crippen LogP contribution in [0.2, 0.25) is 0 Å². The van der Waals surface area contributed by atoms with E-state index in [9.17, 15) is 0 Å². The molecule has 3 heteroatoms. The number of rotatable bonds is 6. The molecular weight excluding hydrogens is 204 g/mol. The van der Waals surface area contributed by atoms with Crippen LogP contribution in [0, 0.1) is 6.92 Å². The molecule has 0 radical (unpaired) electrons. The second-order valence-corrected chi connectivity index (χ2v) is 4.93. The van der Waals surface area contributed by atoms with Gasteiger partial charge in [0.1, 0.15) is 0 Å². The van der Waals surface area contributed by atoms with E-state index in [-0.39, 0.29) is 0 Å². The van der Waals surface area contributed by atoms with Gasteiger partial charge in [-0.1, -0.05) is 12.1 Å². The van der Waals surface area contributed by atoms with Crippen molar-refractivity contribution in [3.05, 3.63) is 29.8 Å². The molecule has 0 aliphatic carbocycles. The molecule has 0 aliphatic rings. The van der Waals surface area contributed by atoms with Gasteiger partial charge in [0, 0.05) is 11.4 Å². The Hall–Kier alpha value is -0.510. The molecule has 0 spiro atoms. The van der Waals surface area contributed by atoms with Crippen molar-refractivity contribution in [1.29, 1.82) is 0 Å². The zero-order valence-electron chi connectivity index (χ0n) is 9.79. The molecule has 0 saturated heterocycles. The van der Waals surface area contributed by atoms with Gasteiger partial charge in [-0.2, -0.15) is 0 Å². The fourth-order valence-electron chi connectivity index (χ4n) is 1.28.